The van der Waals surface area contributed by atoms with Crippen molar-refractivity contribution in [3.8, 4) is 0 Å². The van der Waals surface area contributed by atoms with E-state index in [1.54, 1.807) is 0 Å². The molecule has 178 valence electrons. The SMILES string of the molecule is C[C@]12CCC[C@H](O)C1CC=C2C1(C/C=C/C(O[Si](C)(C)C)(C(F)(F)F)C(F)(F)F)CC1. The van der Waals surface area contributed by atoms with E-state index >= 15 is 0 Å². The number of alkyl halides is 6. The maximum Gasteiger partial charge on any atom is 0.429 e. The highest BCUT2D eigenvalue weighted by Crippen LogP contribution is 2.66. The lowest BCUT2D eigenvalue weighted by atomic mass is 9.62. The van der Waals surface area contributed by atoms with E-state index in [1.165, 1.54) is 19.6 Å². The average molecular weight is 471 g/mol. The number of rotatable bonds is 6. The average Bonchev–Trinajstić information content (AvgIpc) is 3.25. The lowest BCUT2D eigenvalue weighted by Crippen LogP contribution is -2.61. The molecule has 1 unspecified atom stereocenters. The topological polar surface area (TPSA) is 29.5 Å². The van der Waals surface area contributed by atoms with Crippen LogP contribution in [0, 0.1) is 16.7 Å². The number of fused-ring (bicyclic) bond motifs is 1. The van der Waals surface area contributed by atoms with Crippen LogP contribution in [0.5, 0.6) is 0 Å². The van der Waals surface area contributed by atoms with E-state index in [2.05, 4.69) is 13.0 Å². The molecule has 0 spiro atoms. The molecule has 3 aliphatic carbocycles. The molecule has 0 aromatic heterocycles. The van der Waals surface area contributed by atoms with Crippen molar-refractivity contribution in [2.45, 2.75) is 95.6 Å². The zero-order valence-corrected chi connectivity index (χ0v) is 19.5. The van der Waals surface area contributed by atoms with Gasteiger partial charge in [-0.15, -0.1) is 0 Å². The maximum absolute atomic E-state index is 13.8. The summed E-state index contributed by atoms with van der Waals surface area (Å²) in [6.45, 7) is 6.03. The molecule has 0 heterocycles. The van der Waals surface area contributed by atoms with Crippen LogP contribution in [0.15, 0.2) is 23.8 Å². The molecule has 2 fully saturated rings. The highest BCUT2D eigenvalue weighted by Gasteiger charge is 2.71. The van der Waals surface area contributed by atoms with Crippen molar-refractivity contribution in [1.82, 2.24) is 0 Å². The van der Waals surface area contributed by atoms with Crippen molar-refractivity contribution in [2.24, 2.45) is 16.7 Å². The summed E-state index contributed by atoms with van der Waals surface area (Å²) in [5.41, 5.74) is -3.82. The molecule has 2 saturated carbocycles. The Morgan fingerprint density at radius 3 is 2.16 bits per heavy atom. The van der Waals surface area contributed by atoms with Gasteiger partial charge < -0.3 is 9.53 Å². The van der Waals surface area contributed by atoms with E-state index in [-0.39, 0.29) is 23.8 Å². The molecule has 0 bridgehead atoms. The summed E-state index contributed by atoms with van der Waals surface area (Å²) in [6.07, 6.45) is -3.52. The van der Waals surface area contributed by atoms with Crippen LogP contribution < -0.4 is 0 Å². The lowest BCUT2D eigenvalue weighted by Gasteiger charge is -2.44. The second-order valence-corrected chi connectivity index (χ2v) is 15.1. The number of aliphatic hydroxyl groups is 1. The van der Waals surface area contributed by atoms with Gasteiger partial charge in [0.25, 0.3) is 5.60 Å². The van der Waals surface area contributed by atoms with E-state index in [9.17, 15) is 31.4 Å². The standard InChI is InChI=1S/C22H32F6O2Si/c1-18-10-5-7-16(29)15(18)8-9-17(18)19(13-14-19)11-6-12-20(21(23,24)25,22(26,27)28)30-31(2,3)4/h6,9,12,15-16,29H,5,7-8,10-11,13-14H2,1-4H3/b12-6+/t15?,16-,18-/m0/s1. The predicted molar refractivity (Wildman–Crippen MR) is 109 cm³/mol. The van der Waals surface area contributed by atoms with Crippen molar-refractivity contribution >= 4 is 8.32 Å². The molecule has 0 saturated heterocycles. The first-order valence-corrected chi connectivity index (χ1v) is 14.3. The Labute approximate surface area is 180 Å². The number of halogens is 6. The lowest BCUT2D eigenvalue weighted by molar-refractivity contribution is -0.340. The third kappa shape index (κ3) is 4.38. The molecule has 0 aromatic rings. The Kier molecular flexibility index (Phi) is 6.10. The van der Waals surface area contributed by atoms with Crippen LogP contribution in [0.4, 0.5) is 26.3 Å². The van der Waals surface area contributed by atoms with Crippen molar-refractivity contribution < 1.29 is 35.9 Å². The van der Waals surface area contributed by atoms with E-state index in [1.807, 2.05) is 0 Å². The summed E-state index contributed by atoms with van der Waals surface area (Å²) >= 11 is 0. The summed E-state index contributed by atoms with van der Waals surface area (Å²) in [5, 5.41) is 10.4. The van der Waals surface area contributed by atoms with Gasteiger partial charge in [0.2, 0.25) is 0 Å². The predicted octanol–water partition coefficient (Wildman–Crippen LogP) is 6.93. The third-order valence-corrected chi connectivity index (χ3v) is 8.20. The van der Waals surface area contributed by atoms with Crippen molar-refractivity contribution in [1.29, 1.82) is 0 Å². The molecule has 2 nitrogen and oxygen atoms in total. The van der Waals surface area contributed by atoms with Gasteiger partial charge in [0.15, 0.2) is 8.32 Å². The molecule has 0 aliphatic heterocycles. The molecule has 9 heteroatoms. The first-order chi connectivity index (χ1) is 14.0. The van der Waals surface area contributed by atoms with Crippen LogP contribution in [0.2, 0.25) is 19.6 Å². The van der Waals surface area contributed by atoms with Crippen LogP contribution in [-0.2, 0) is 4.43 Å². The Balaban J connectivity index is 1.88. The molecular weight excluding hydrogens is 438 g/mol. The van der Waals surface area contributed by atoms with Crippen molar-refractivity contribution in [2.75, 3.05) is 0 Å². The van der Waals surface area contributed by atoms with Crippen LogP contribution in [0.25, 0.3) is 0 Å². The number of hydrogen-bond acceptors (Lipinski definition) is 2. The highest BCUT2D eigenvalue weighted by atomic mass is 28.4. The van der Waals surface area contributed by atoms with Gasteiger partial charge in [-0.1, -0.05) is 24.6 Å². The minimum atomic E-state index is -5.62. The fraction of sp³-hybridized carbons (Fsp3) is 0.818. The van der Waals surface area contributed by atoms with Crippen molar-refractivity contribution in [3.05, 3.63) is 23.8 Å². The zero-order valence-electron chi connectivity index (χ0n) is 18.5. The van der Waals surface area contributed by atoms with Gasteiger partial charge in [0.1, 0.15) is 0 Å². The van der Waals surface area contributed by atoms with Gasteiger partial charge in [0, 0.05) is 0 Å². The van der Waals surface area contributed by atoms with Gasteiger partial charge in [-0.3, -0.25) is 0 Å². The van der Waals surface area contributed by atoms with Gasteiger partial charge in [-0.05, 0) is 87.4 Å². The Bertz CT molecular complexity index is 731. The van der Waals surface area contributed by atoms with E-state index in [0.717, 1.165) is 43.8 Å². The number of aliphatic hydroxyl groups excluding tert-OH is 1. The summed E-state index contributed by atoms with van der Waals surface area (Å²) < 4.78 is 87.3. The largest absolute Gasteiger partial charge is 0.429 e. The van der Waals surface area contributed by atoms with Gasteiger partial charge in [-0.2, -0.15) is 26.3 Å². The fourth-order valence-corrected chi connectivity index (χ4v) is 6.97. The van der Waals surface area contributed by atoms with E-state index in [4.69, 9.17) is 4.43 Å². The van der Waals surface area contributed by atoms with Gasteiger partial charge in [-0.25, -0.2) is 0 Å². The van der Waals surface area contributed by atoms with E-state index in [0.29, 0.717) is 6.42 Å². The second-order valence-electron chi connectivity index (χ2n) is 10.7. The van der Waals surface area contributed by atoms with Crippen LogP contribution in [0.1, 0.15) is 51.9 Å². The number of allylic oxidation sites excluding steroid dienone is 3. The first-order valence-electron chi connectivity index (χ1n) is 10.9. The van der Waals surface area contributed by atoms with Crippen molar-refractivity contribution in [3.63, 3.8) is 0 Å². The molecule has 3 atom stereocenters. The molecule has 3 rings (SSSR count). The quantitative estimate of drug-likeness (QED) is 0.259. The molecule has 0 aromatic carbocycles. The normalized spacial score (nSPS) is 31.6. The fourth-order valence-electron chi connectivity index (χ4n) is 5.71. The monoisotopic (exact) mass is 470 g/mol. The first kappa shape index (κ1) is 24.8. The Morgan fingerprint density at radius 1 is 1.10 bits per heavy atom. The molecule has 31 heavy (non-hydrogen) atoms. The highest BCUT2D eigenvalue weighted by molar-refractivity contribution is 6.69. The van der Waals surface area contributed by atoms with Crippen LogP contribution in [-0.4, -0.2) is 37.5 Å². The summed E-state index contributed by atoms with van der Waals surface area (Å²) in [7, 11) is -3.19. The molecule has 0 radical (unpaired) electrons. The van der Waals surface area contributed by atoms with Gasteiger partial charge in [0.05, 0.1) is 6.10 Å². The molecular formula is C22H32F6O2Si. The third-order valence-electron chi connectivity index (χ3n) is 7.27. The van der Waals surface area contributed by atoms with E-state index < -0.39 is 37.8 Å². The zero-order chi connectivity index (χ0) is 23.5. The van der Waals surface area contributed by atoms with Crippen LogP contribution in [0.3, 0.4) is 0 Å². The summed E-state index contributed by atoms with van der Waals surface area (Å²) in [5.74, 6) is 0.0809. The van der Waals surface area contributed by atoms with Gasteiger partial charge >= 0.3 is 12.4 Å². The second kappa shape index (κ2) is 7.62. The van der Waals surface area contributed by atoms with Crippen LogP contribution >= 0.6 is 0 Å². The maximum atomic E-state index is 13.8. The molecule has 0 amide bonds. The smallest absolute Gasteiger partial charge is 0.394 e. The Hall–Kier alpha value is -0.803. The number of hydrogen-bond donors (Lipinski definition) is 1. The Morgan fingerprint density at radius 2 is 1.68 bits per heavy atom. The minimum Gasteiger partial charge on any atom is -0.394 e. The summed E-state index contributed by atoms with van der Waals surface area (Å²) in [6, 6.07) is 0. The summed E-state index contributed by atoms with van der Waals surface area (Å²) in [4.78, 5) is 0. The molecule has 1 N–H and O–H groups in total. The minimum absolute atomic E-state index is 0.0809. The molecule has 3 aliphatic rings.